The van der Waals surface area contributed by atoms with Gasteiger partial charge in [-0.25, -0.2) is 9.98 Å². The Hall–Kier alpha value is -2.45. The lowest BCUT2D eigenvalue weighted by Gasteiger charge is -2.17. The van der Waals surface area contributed by atoms with E-state index in [0.29, 0.717) is 5.92 Å². The number of fused-ring (bicyclic) bond motifs is 2. The first-order chi connectivity index (χ1) is 11.2. The van der Waals surface area contributed by atoms with E-state index in [1.54, 1.807) is 17.6 Å². The first kappa shape index (κ1) is 14.2. The second kappa shape index (κ2) is 5.64. The van der Waals surface area contributed by atoms with Gasteiger partial charge in [0.05, 0.1) is 22.8 Å². The lowest BCUT2D eigenvalue weighted by Crippen LogP contribution is -2.09. The molecule has 0 bridgehead atoms. The van der Waals surface area contributed by atoms with Gasteiger partial charge in [0.1, 0.15) is 16.9 Å². The number of aromatic amines is 1. The molecule has 1 aromatic carbocycles. The maximum atomic E-state index is 9.50. The minimum atomic E-state index is 0.694. The number of para-hydroxylation sites is 2. The van der Waals surface area contributed by atoms with Gasteiger partial charge in [-0.2, -0.15) is 5.26 Å². The summed E-state index contributed by atoms with van der Waals surface area (Å²) >= 11 is 1.65. The van der Waals surface area contributed by atoms with E-state index in [9.17, 15) is 5.26 Å². The Morgan fingerprint density at radius 1 is 1.43 bits per heavy atom. The Kier molecular flexibility index (Phi) is 3.47. The molecule has 3 aromatic rings. The fraction of sp³-hybridized carbons (Fsp3) is 0.278. The van der Waals surface area contributed by atoms with Crippen LogP contribution in [0, 0.1) is 17.2 Å². The normalized spacial score (nSPS) is 17.5. The van der Waals surface area contributed by atoms with E-state index in [2.05, 4.69) is 28.0 Å². The summed E-state index contributed by atoms with van der Waals surface area (Å²) in [6.07, 6.45) is 4.94. The molecule has 2 heterocycles. The summed E-state index contributed by atoms with van der Waals surface area (Å²) in [5.41, 5.74) is 3.89. The zero-order valence-electron chi connectivity index (χ0n) is 12.8. The fourth-order valence-electron chi connectivity index (χ4n) is 3.10. The topological polar surface area (TPSA) is 64.8 Å². The highest BCUT2D eigenvalue weighted by atomic mass is 32.1. The largest absolute Gasteiger partial charge is 0.337 e. The molecule has 0 unspecified atom stereocenters. The first-order valence-corrected chi connectivity index (χ1v) is 8.59. The van der Waals surface area contributed by atoms with E-state index >= 15 is 0 Å². The van der Waals surface area contributed by atoms with E-state index in [-0.39, 0.29) is 0 Å². The highest BCUT2D eigenvalue weighted by Gasteiger charge is 2.23. The van der Waals surface area contributed by atoms with Crippen LogP contribution in [0.25, 0.3) is 11.0 Å². The predicted octanol–water partition coefficient (Wildman–Crippen LogP) is 4.37. The van der Waals surface area contributed by atoms with Crippen molar-refractivity contribution in [2.45, 2.75) is 26.2 Å². The van der Waals surface area contributed by atoms with Crippen molar-refractivity contribution in [3.63, 3.8) is 0 Å². The molecule has 2 aromatic heterocycles. The number of hydrogen-bond donors (Lipinski definition) is 1. The molecule has 23 heavy (non-hydrogen) atoms. The van der Waals surface area contributed by atoms with Crippen molar-refractivity contribution in [1.29, 1.82) is 5.26 Å². The number of aliphatic imine (C=N–C) groups is 1. The van der Waals surface area contributed by atoms with Gasteiger partial charge >= 0.3 is 0 Å². The van der Waals surface area contributed by atoms with Crippen LogP contribution in [-0.2, 0) is 12.8 Å². The summed E-state index contributed by atoms with van der Waals surface area (Å²) in [5.74, 6) is 1.41. The Bertz CT molecular complexity index is 909. The van der Waals surface area contributed by atoms with Crippen LogP contribution in [0.4, 0.5) is 5.00 Å². The maximum absolute atomic E-state index is 9.50. The van der Waals surface area contributed by atoms with Gasteiger partial charge in [0.2, 0.25) is 0 Å². The van der Waals surface area contributed by atoms with Gasteiger partial charge in [-0.05, 0) is 42.9 Å². The lowest BCUT2D eigenvalue weighted by molar-refractivity contribution is 0.507. The average Bonchev–Trinajstić information content (AvgIpc) is 3.12. The van der Waals surface area contributed by atoms with Gasteiger partial charge in [-0.1, -0.05) is 19.1 Å². The Morgan fingerprint density at radius 2 is 2.30 bits per heavy atom. The summed E-state index contributed by atoms with van der Waals surface area (Å²) in [4.78, 5) is 13.6. The fourth-order valence-corrected chi connectivity index (χ4v) is 4.40. The molecule has 5 heteroatoms. The van der Waals surface area contributed by atoms with Crippen LogP contribution in [0.1, 0.15) is 35.2 Å². The van der Waals surface area contributed by atoms with E-state index in [4.69, 9.17) is 0 Å². The lowest BCUT2D eigenvalue weighted by atomic mass is 9.89. The number of nitrogens with one attached hydrogen (secondary N) is 1. The monoisotopic (exact) mass is 320 g/mol. The van der Waals surface area contributed by atoms with Gasteiger partial charge in [0.25, 0.3) is 0 Å². The van der Waals surface area contributed by atoms with Crippen molar-refractivity contribution in [3.8, 4) is 6.07 Å². The highest BCUT2D eigenvalue weighted by molar-refractivity contribution is 7.16. The molecule has 114 valence electrons. The van der Waals surface area contributed by atoms with Crippen molar-refractivity contribution in [1.82, 2.24) is 9.97 Å². The summed E-state index contributed by atoms with van der Waals surface area (Å²) < 4.78 is 0. The molecule has 4 nitrogen and oxygen atoms in total. The third-order valence-electron chi connectivity index (χ3n) is 4.32. The van der Waals surface area contributed by atoms with Gasteiger partial charge < -0.3 is 4.98 Å². The maximum Gasteiger partial charge on any atom is 0.149 e. The van der Waals surface area contributed by atoms with Crippen molar-refractivity contribution < 1.29 is 0 Å². The quantitative estimate of drug-likeness (QED) is 0.712. The first-order valence-electron chi connectivity index (χ1n) is 7.78. The Labute approximate surface area is 138 Å². The molecule has 1 atom stereocenters. The van der Waals surface area contributed by atoms with Crippen LogP contribution in [0.3, 0.4) is 0 Å². The zero-order chi connectivity index (χ0) is 15.8. The molecular formula is C18H16N4S. The minimum Gasteiger partial charge on any atom is -0.337 e. The molecule has 0 spiro atoms. The Morgan fingerprint density at radius 3 is 3.13 bits per heavy atom. The van der Waals surface area contributed by atoms with Crippen molar-refractivity contribution in [3.05, 3.63) is 46.1 Å². The molecule has 4 rings (SSSR count). The van der Waals surface area contributed by atoms with Crippen LogP contribution in [0.5, 0.6) is 0 Å². The molecular weight excluding hydrogens is 304 g/mol. The molecule has 0 aliphatic heterocycles. The number of thiophene rings is 1. The highest BCUT2D eigenvalue weighted by Crippen LogP contribution is 2.40. The van der Waals surface area contributed by atoms with Crippen LogP contribution < -0.4 is 0 Å². The second-order valence-corrected chi connectivity index (χ2v) is 7.12. The molecule has 1 N–H and O–H groups in total. The smallest absolute Gasteiger partial charge is 0.149 e. The van der Waals surface area contributed by atoms with Crippen LogP contribution in [-0.4, -0.2) is 16.2 Å². The molecule has 0 fully saturated rings. The molecule has 0 saturated heterocycles. The number of aromatic nitrogens is 2. The average molecular weight is 320 g/mol. The standard InChI is InChI=1S/C18H16N4S/c1-11-6-7-12-13(9-19)18(23-16(12)8-11)20-10-17-21-14-4-2-3-5-15(14)22-17/h2-5,10-11H,6-8H2,1H3,(H,21,22)/b20-10+/t11-/m0/s1. The van der Waals surface area contributed by atoms with Gasteiger partial charge in [0.15, 0.2) is 0 Å². The molecule has 0 amide bonds. The van der Waals surface area contributed by atoms with Crippen LogP contribution >= 0.6 is 11.3 Å². The van der Waals surface area contributed by atoms with Gasteiger partial charge in [-0.15, -0.1) is 11.3 Å². The predicted molar refractivity (Wildman–Crippen MR) is 93.6 cm³/mol. The van der Waals surface area contributed by atoms with E-state index in [1.807, 2.05) is 24.3 Å². The summed E-state index contributed by atoms with van der Waals surface area (Å²) in [7, 11) is 0. The zero-order valence-corrected chi connectivity index (χ0v) is 13.7. The summed E-state index contributed by atoms with van der Waals surface area (Å²) in [6.45, 7) is 2.27. The number of nitrogens with zero attached hydrogens (tertiary/aromatic N) is 3. The van der Waals surface area contributed by atoms with E-state index < -0.39 is 0 Å². The number of rotatable bonds is 2. The third-order valence-corrected chi connectivity index (χ3v) is 5.48. The van der Waals surface area contributed by atoms with Crippen LogP contribution in [0.15, 0.2) is 29.3 Å². The second-order valence-electron chi connectivity index (χ2n) is 6.04. The van der Waals surface area contributed by atoms with Gasteiger partial charge in [-0.3, -0.25) is 0 Å². The number of H-pyrrole nitrogens is 1. The van der Waals surface area contributed by atoms with Crippen molar-refractivity contribution in [2.24, 2.45) is 10.9 Å². The van der Waals surface area contributed by atoms with Crippen molar-refractivity contribution in [2.75, 3.05) is 0 Å². The molecule has 1 aliphatic rings. The van der Waals surface area contributed by atoms with Gasteiger partial charge in [0, 0.05) is 4.88 Å². The minimum absolute atomic E-state index is 0.694. The van der Waals surface area contributed by atoms with E-state index in [1.165, 1.54) is 10.4 Å². The van der Waals surface area contributed by atoms with Crippen molar-refractivity contribution >= 4 is 33.6 Å². The summed E-state index contributed by atoms with van der Waals surface area (Å²) in [6, 6.07) is 10.2. The SMILES string of the molecule is C[C@H]1CCc2c(sc(/N=C/c3nc4ccccc4[nH]3)c2C#N)C1. The molecule has 0 radical (unpaired) electrons. The Balaban J connectivity index is 1.69. The van der Waals surface area contributed by atoms with E-state index in [0.717, 1.165) is 46.7 Å². The number of imidazole rings is 1. The molecule has 0 saturated carbocycles. The third kappa shape index (κ3) is 2.55. The number of benzene rings is 1. The number of hydrogen-bond acceptors (Lipinski definition) is 4. The molecule has 1 aliphatic carbocycles. The number of nitriles is 1. The van der Waals surface area contributed by atoms with Crippen LogP contribution in [0.2, 0.25) is 0 Å². The summed E-state index contributed by atoms with van der Waals surface area (Å²) in [5, 5.41) is 10.3.